The maximum Gasteiger partial charge on any atom is 0.203 e. The van der Waals surface area contributed by atoms with Gasteiger partial charge in [-0.25, -0.2) is 4.98 Å². The minimum atomic E-state index is 0.557. The molecule has 0 bridgehead atoms. The minimum Gasteiger partial charge on any atom is -0.493 e. The van der Waals surface area contributed by atoms with Crippen molar-refractivity contribution in [2.75, 3.05) is 19.1 Å². The number of methoxy groups -OCH3 is 1. The third kappa shape index (κ3) is 4.16. The second kappa shape index (κ2) is 8.30. The number of para-hydroxylation sites is 1. The van der Waals surface area contributed by atoms with Crippen molar-refractivity contribution in [3.05, 3.63) is 59.5 Å². The molecule has 6 heteroatoms. The summed E-state index contributed by atoms with van der Waals surface area (Å²) in [7, 11) is 1.62. The number of ether oxygens (including phenoxy) is 2. The quantitative estimate of drug-likeness (QED) is 0.496. The highest BCUT2D eigenvalue weighted by atomic mass is 32.1. The highest BCUT2D eigenvalue weighted by Gasteiger charge is 2.08. The SMILES string of the molecule is CCOc1c(/C=N\Nc2nc(-c3ccccc3)cs2)cccc1OC. The normalized spacial score (nSPS) is 10.8. The number of nitrogens with zero attached hydrogens (tertiary/aromatic N) is 2. The van der Waals surface area contributed by atoms with Crippen LogP contribution < -0.4 is 14.9 Å². The van der Waals surface area contributed by atoms with Gasteiger partial charge in [-0.2, -0.15) is 5.10 Å². The lowest BCUT2D eigenvalue weighted by molar-refractivity contribution is 0.310. The van der Waals surface area contributed by atoms with Crippen molar-refractivity contribution in [3.8, 4) is 22.8 Å². The molecule has 0 saturated carbocycles. The molecule has 0 aliphatic heterocycles. The van der Waals surface area contributed by atoms with E-state index >= 15 is 0 Å². The minimum absolute atomic E-state index is 0.557. The zero-order valence-electron chi connectivity index (χ0n) is 14.1. The zero-order chi connectivity index (χ0) is 17.5. The van der Waals surface area contributed by atoms with Crippen LogP contribution in [-0.2, 0) is 0 Å². The molecule has 1 aromatic heterocycles. The molecular weight excluding hydrogens is 334 g/mol. The molecule has 128 valence electrons. The van der Waals surface area contributed by atoms with Crippen LogP contribution in [0.5, 0.6) is 11.5 Å². The second-order valence-corrected chi connectivity index (χ2v) is 5.94. The van der Waals surface area contributed by atoms with Crippen molar-refractivity contribution in [3.63, 3.8) is 0 Å². The lowest BCUT2D eigenvalue weighted by Crippen LogP contribution is -2.00. The number of hydrogen-bond donors (Lipinski definition) is 1. The monoisotopic (exact) mass is 353 g/mol. The van der Waals surface area contributed by atoms with Crippen molar-refractivity contribution in [1.29, 1.82) is 0 Å². The Kier molecular flexibility index (Phi) is 5.64. The number of anilines is 1. The maximum atomic E-state index is 5.67. The number of thiazole rings is 1. The lowest BCUT2D eigenvalue weighted by Gasteiger charge is -2.11. The van der Waals surface area contributed by atoms with Gasteiger partial charge in [0, 0.05) is 16.5 Å². The van der Waals surface area contributed by atoms with Gasteiger partial charge < -0.3 is 9.47 Å². The topological polar surface area (TPSA) is 55.7 Å². The van der Waals surface area contributed by atoms with Gasteiger partial charge >= 0.3 is 0 Å². The molecule has 0 aliphatic carbocycles. The van der Waals surface area contributed by atoms with E-state index in [1.807, 2.05) is 60.8 Å². The van der Waals surface area contributed by atoms with Crippen LogP contribution >= 0.6 is 11.3 Å². The van der Waals surface area contributed by atoms with Gasteiger partial charge in [-0.1, -0.05) is 36.4 Å². The first-order chi connectivity index (χ1) is 12.3. The first kappa shape index (κ1) is 17.0. The molecule has 0 atom stereocenters. The van der Waals surface area contributed by atoms with Crippen LogP contribution in [0, 0.1) is 0 Å². The average Bonchev–Trinajstić information content (AvgIpc) is 3.13. The van der Waals surface area contributed by atoms with Crippen molar-refractivity contribution >= 4 is 22.7 Å². The van der Waals surface area contributed by atoms with Crippen molar-refractivity contribution in [1.82, 2.24) is 4.98 Å². The highest BCUT2D eigenvalue weighted by molar-refractivity contribution is 7.14. The molecule has 0 aliphatic rings. The summed E-state index contributed by atoms with van der Waals surface area (Å²) < 4.78 is 11.0. The van der Waals surface area contributed by atoms with Crippen LogP contribution in [0.25, 0.3) is 11.3 Å². The van der Waals surface area contributed by atoms with Gasteiger partial charge in [0.25, 0.3) is 0 Å². The van der Waals surface area contributed by atoms with Crippen molar-refractivity contribution < 1.29 is 9.47 Å². The van der Waals surface area contributed by atoms with Gasteiger partial charge in [0.05, 0.1) is 25.6 Å². The first-order valence-electron chi connectivity index (χ1n) is 7.91. The Bertz CT molecular complexity index is 847. The molecule has 3 aromatic rings. The van der Waals surface area contributed by atoms with E-state index in [9.17, 15) is 0 Å². The number of rotatable bonds is 7. The lowest BCUT2D eigenvalue weighted by atomic mass is 10.2. The van der Waals surface area contributed by atoms with E-state index in [1.54, 1.807) is 13.3 Å². The van der Waals surface area contributed by atoms with Crippen molar-refractivity contribution in [2.45, 2.75) is 6.92 Å². The van der Waals surface area contributed by atoms with Gasteiger partial charge in [-0.05, 0) is 19.1 Å². The van der Waals surface area contributed by atoms with Crippen LogP contribution in [0.15, 0.2) is 59.0 Å². The Balaban J connectivity index is 1.73. The largest absolute Gasteiger partial charge is 0.493 e. The Labute approximate surface area is 151 Å². The molecule has 0 spiro atoms. The fourth-order valence-corrected chi connectivity index (χ4v) is 2.99. The van der Waals surface area contributed by atoms with Crippen LogP contribution in [0.3, 0.4) is 0 Å². The average molecular weight is 353 g/mol. The third-order valence-corrected chi connectivity index (χ3v) is 4.20. The molecule has 0 saturated heterocycles. The van der Waals surface area contributed by atoms with Crippen LogP contribution in [0.4, 0.5) is 5.13 Å². The Morgan fingerprint density at radius 1 is 1.16 bits per heavy atom. The van der Waals surface area contributed by atoms with Crippen LogP contribution in [0.2, 0.25) is 0 Å². The number of hydrogen-bond acceptors (Lipinski definition) is 6. The van der Waals surface area contributed by atoms with E-state index < -0.39 is 0 Å². The van der Waals surface area contributed by atoms with Gasteiger partial charge in [0.15, 0.2) is 11.5 Å². The summed E-state index contributed by atoms with van der Waals surface area (Å²) in [6.45, 7) is 2.49. The fourth-order valence-electron chi connectivity index (χ4n) is 2.32. The number of benzene rings is 2. The first-order valence-corrected chi connectivity index (χ1v) is 8.79. The summed E-state index contributed by atoms with van der Waals surface area (Å²) >= 11 is 1.51. The summed E-state index contributed by atoms with van der Waals surface area (Å²) in [5.74, 6) is 1.37. The molecule has 2 aromatic carbocycles. The Hall–Kier alpha value is -2.86. The standard InChI is InChI=1S/C19H19N3O2S/c1-3-24-18-15(10-7-11-17(18)23-2)12-20-22-19-21-16(13-25-19)14-8-5-4-6-9-14/h4-13H,3H2,1-2H3,(H,21,22)/b20-12-. The molecule has 5 nitrogen and oxygen atoms in total. The molecule has 0 unspecified atom stereocenters. The van der Waals surface area contributed by atoms with Gasteiger partial charge in [0.1, 0.15) is 0 Å². The van der Waals surface area contributed by atoms with E-state index in [0.29, 0.717) is 18.1 Å². The van der Waals surface area contributed by atoms with Crippen LogP contribution in [0.1, 0.15) is 12.5 Å². The summed E-state index contributed by atoms with van der Waals surface area (Å²) in [4.78, 5) is 4.54. The molecular formula is C19H19N3O2S. The summed E-state index contributed by atoms with van der Waals surface area (Å²) in [5.41, 5.74) is 5.83. The predicted octanol–water partition coefficient (Wildman–Crippen LogP) is 4.66. The zero-order valence-corrected chi connectivity index (χ0v) is 14.9. The Morgan fingerprint density at radius 3 is 2.76 bits per heavy atom. The molecule has 0 amide bonds. The molecule has 1 heterocycles. The number of aromatic nitrogens is 1. The molecule has 3 rings (SSSR count). The number of hydrazone groups is 1. The Morgan fingerprint density at radius 2 is 2.00 bits per heavy atom. The van der Waals surface area contributed by atoms with Crippen LogP contribution in [-0.4, -0.2) is 24.9 Å². The second-order valence-electron chi connectivity index (χ2n) is 5.09. The summed E-state index contributed by atoms with van der Waals surface area (Å²) in [6, 6.07) is 15.7. The highest BCUT2D eigenvalue weighted by Crippen LogP contribution is 2.30. The van der Waals surface area contributed by atoms with E-state index in [2.05, 4.69) is 15.5 Å². The van der Waals surface area contributed by atoms with E-state index in [4.69, 9.17) is 9.47 Å². The summed E-state index contributed by atoms with van der Waals surface area (Å²) in [5, 5.41) is 7.01. The van der Waals surface area contributed by atoms with E-state index in [1.165, 1.54) is 11.3 Å². The van der Waals surface area contributed by atoms with Gasteiger partial charge in [-0.3, -0.25) is 5.43 Å². The molecule has 0 radical (unpaired) electrons. The smallest absolute Gasteiger partial charge is 0.203 e. The predicted molar refractivity (Wildman–Crippen MR) is 103 cm³/mol. The van der Waals surface area contributed by atoms with Gasteiger partial charge in [0.2, 0.25) is 5.13 Å². The third-order valence-electron chi connectivity index (χ3n) is 3.46. The van der Waals surface area contributed by atoms with E-state index in [-0.39, 0.29) is 0 Å². The molecule has 0 fully saturated rings. The molecule has 25 heavy (non-hydrogen) atoms. The fraction of sp³-hybridized carbons (Fsp3) is 0.158. The van der Waals surface area contributed by atoms with Crippen molar-refractivity contribution in [2.24, 2.45) is 5.10 Å². The van der Waals surface area contributed by atoms with Gasteiger partial charge in [-0.15, -0.1) is 11.3 Å². The molecule has 1 N–H and O–H groups in total. The number of nitrogens with one attached hydrogen (secondary N) is 1. The van der Waals surface area contributed by atoms with E-state index in [0.717, 1.165) is 22.0 Å². The maximum absolute atomic E-state index is 5.67. The summed E-state index contributed by atoms with van der Waals surface area (Å²) in [6.07, 6.45) is 1.71.